The number of alkyl halides is 3. The fourth-order valence-electron chi connectivity index (χ4n) is 3.47. The molecule has 0 saturated carbocycles. The summed E-state index contributed by atoms with van der Waals surface area (Å²) in [5.41, 5.74) is 0.554. The van der Waals surface area contributed by atoms with Crippen molar-refractivity contribution in [2.45, 2.75) is 69.6 Å². The van der Waals surface area contributed by atoms with E-state index in [4.69, 9.17) is 19.3 Å². The number of rotatable bonds is 12. The number of aromatic nitrogens is 3. The molecule has 0 spiro atoms. The van der Waals surface area contributed by atoms with E-state index in [1.165, 1.54) is 40.6 Å². The van der Waals surface area contributed by atoms with Crippen molar-refractivity contribution in [3.05, 3.63) is 46.9 Å². The van der Waals surface area contributed by atoms with Crippen LogP contribution in [0.2, 0.25) is 18.1 Å². The highest BCUT2D eigenvalue weighted by Crippen LogP contribution is 2.36. The zero-order valence-corrected chi connectivity index (χ0v) is 24.5. The molecule has 0 aliphatic rings. The lowest BCUT2D eigenvalue weighted by Gasteiger charge is -2.36. The molecule has 3 aromatic rings. The predicted octanol–water partition coefficient (Wildman–Crippen LogP) is 6.11. The van der Waals surface area contributed by atoms with Crippen LogP contribution in [0.25, 0.3) is 16.7 Å². The molecule has 0 atom stereocenters. The number of fused-ring (bicyclic) bond motifs is 1. The molecule has 0 aliphatic carbocycles. The lowest BCUT2D eigenvalue weighted by Crippen LogP contribution is -2.41. The average molecular weight is 586 g/mol. The number of carboxylic acid groups (broad SMARTS) is 1. The Morgan fingerprint density at radius 3 is 2.38 bits per heavy atom. The van der Waals surface area contributed by atoms with Gasteiger partial charge in [-0.1, -0.05) is 32.5 Å². The molecule has 0 bridgehead atoms. The van der Waals surface area contributed by atoms with E-state index in [1.807, 2.05) is 4.57 Å². The van der Waals surface area contributed by atoms with Gasteiger partial charge in [0.25, 0.3) is 5.56 Å². The summed E-state index contributed by atoms with van der Waals surface area (Å²) in [6, 6.07) is 7.39. The van der Waals surface area contributed by atoms with Crippen LogP contribution in [0.1, 0.15) is 33.6 Å². The highest BCUT2D eigenvalue weighted by Gasteiger charge is 2.37. The lowest BCUT2D eigenvalue weighted by atomic mass is 10.2. The minimum Gasteiger partial charge on any atom is -0.484 e. The first-order valence-electron chi connectivity index (χ1n) is 12.5. The van der Waals surface area contributed by atoms with Crippen LogP contribution in [0.15, 0.2) is 46.5 Å². The summed E-state index contributed by atoms with van der Waals surface area (Å²) in [4.78, 5) is 29.3. The molecule has 0 unspecified atom stereocenters. The smallest absolute Gasteiger partial charge is 0.422 e. The van der Waals surface area contributed by atoms with Crippen molar-refractivity contribution in [3.8, 4) is 11.4 Å². The number of carboxylic acids is 1. The second-order valence-corrected chi connectivity index (χ2v) is 16.5. The number of benzene rings is 1. The zero-order valence-electron chi connectivity index (χ0n) is 22.7. The van der Waals surface area contributed by atoms with Crippen molar-refractivity contribution in [2.24, 2.45) is 0 Å². The van der Waals surface area contributed by atoms with Crippen LogP contribution >= 0.6 is 11.8 Å². The highest BCUT2D eigenvalue weighted by molar-refractivity contribution is 7.99. The van der Waals surface area contributed by atoms with Crippen LogP contribution in [0.5, 0.6) is 5.75 Å². The summed E-state index contributed by atoms with van der Waals surface area (Å²) in [6.07, 6.45) is -2.33. The Bertz CT molecular complexity index is 1350. The van der Waals surface area contributed by atoms with Crippen LogP contribution in [-0.4, -0.2) is 58.7 Å². The van der Waals surface area contributed by atoms with Gasteiger partial charge in [-0.05, 0) is 54.9 Å². The van der Waals surface area contributed by atoms with E-state index < -0.39 is 27.1 Å². The van der Waals surface area contributed by atoms with Crippen LogP contribution in [0, 0.1) is 0 Å². The molecule has 1 aromatic carbocycles. The average Bonchev–Trinajstić information content (AvgIpc) is 3.23. The van der Waals surface area contributed by atoms with Gasteiger partial charge in [-0.15, -0.1) is 0 Å². The topological polar surface area (TPSA) is 95.6 Å². The molecule has 0 saturated heterocycles. The van der Waals surface area contributed by atoms with Crippen LogP contribution in [-0.2, 0) is 15.8 Å². The molecule has 13 heteroatoms. The van der Waals surface area contributed by atoms with E-state index in [1.54, 1.807) is 12.3 Å². The molecule has 8 nitrogen and oxygen atoms in total. The number of thioether (sulfide) groups is 1. The van der Waals surface area contributed by atoms with E-state index in [0.29, 0.717) is 47.2 Å². The monoisotopic (exact) mass is 585 g/mol. The Kier molecular flexibility index (Phi) is 9.60. The van der Waals surface area contributed by atoms with Gasteiger partial charge in [-0.25, -0.2) is 4.98 Å². The van der Waals surface area contributed by atoms with E-state index in [2.05, 4.69) is 33.9 Å². The van der Waals surface area contributed by atoms with Gasteiger partial charge in [0, 0.05) is 24.9 Å². The van der Waals surface area contributed by atoms with E-state index in [-0.39, 0.29) is 22.8 Å². The van der Waals surface area contributed by atoms with Crippen molar-refractivity contribution in [3.63, 3.8) is 0 Å². The molecule has 0 fully saturated rings. The second-order valence-electron chi connectivity index (χ2n) is 10.6. The van der Waals surface area contributed by atoms with Gasteiger partial charge in [0.05, 0.1) is 17.7 Å². The Morgan fingerprint density at radius 2 is 1.79 bits per heavy atom. The van der Waals surface area contributed by atoms with Crippen molar-refractivity contribution < 1.29 is 32.2 Å². The number of hydrogen-bond acceptors (Lipinski definition) is 6. The third-order valence-corrected chi connectivity index (χ3v) is 12.2. The number of hydrogen-bond donors (Lipinski definition) is 1. The first-order chi connectivity index (χ1) is 18.1. The first kappa shape index (κ1) is 30.8. The lowest BCUT2D eigenvalue weighted by molar-refractivity contribution is -0.153. The van der Waals surface area contributed by atoms with Gasteiger partial charge < -0.3 is 18.8 Å². The molecule has 2 heterocycles. The molecule has 2 aromatic heterocycles. The van der Waals surface area contributed by atoms with Gasteiger partial charge in [0.1, 0.15) is 11.4 Å². The Labute approximate surface area is 230 Å². The Hall–Kier alpha value is -2.77. The quantitative estimate of drug-likeness (QED) is 0.119. The minimum absolute atomic E-state index is 0.0155. The fraction of sp³-hybridized carbons (Fsp3) is 0.500. The van der Waals surface area contributed by atoms with E-state index in [0.717, 1.165) is 0 Å². The molecule has 3 rings (SSSR count). The highest BCUT2D eigenvalue weighted by atomic mass is 32.2. The maximum atomic E-state index is 13.6. The number of nitrogens with zero attached hydrogens (tertiary/aromatic N) is 3. The molecular formula is C26H34F3N3O5SSi. The van der Waals surface area contributed by atoms with Crippen molar-refractivity contribution in [2.75, 3.05) is 19.0 Å². The molecule has 0 amide bonds. The number of carbonyl (C=O) groups is 1. The maximum absolute atomic E-state index is 13.6. The summed E-state index contributed by atoms with van der Waals surface area (Å²) in [6.45, 7) is 10.4. The molecule has 0 aliphatic heterocycles. The Morgan fingerprint density at radius 1 is 1.13 bits per heavy atom. The van der Waals surface area contributed by atoms with E-state index >= 15 is 0 Å². The van der Waals surface area contributed by atoms with Crippen molar-refractivity contribution >= 4 is 37.1 Å². The first-order valence-corrected chi connectivity index (χ1v) is 16.4. The third-order valence-electron chi connectivity index (χ3n) is 6.63. The van der Waals surface area contributed by atoms with E-state index in [9.17, 15) is 22.8 Å². The molecule has 0 radical (unpaired) electrons. The molecular weight excluding hydrogens is 551 g/mol. The van der Waals surface area contributed by atoms with Crippen molar-refractivity contribution in [1.29, 1.82) is 0 Å². The van der Waals surface area contributed by atoms with Gasteiger partial charge in [0.15, 0.2) is 20.1 Å². The summed E-state index contributed by atoms with van der Waals surface area (Å²) >= 11 is 1.25. The summed E-state index contributed by atoms with van der Waals surface area (Å²) in [5, 5.41) is 9.77. The summed E-state index contributed by atoms with van der Waals surface area (Å²) in [5.74, 6) is -0.491. The molecule has 214 valence electrons. The summed E-state index contributed by atoms with van der Waals surface area (Å²) in [7, 11) is -1.96. The number of aliphatic carboxylic acids is 1. The third kappa shape index (κ3) is 8.12. The number of ether oxygens (including phenoxy) is 1. The number of halogens is 3. The maximum Gasteiger partial charge on any atom is 0.422 e. The second kappa shape index (κ2) is 12.2. The largest absolute Gasteiger partial charge is 0.484 e. The Balaban J connectivity index is 1.93. The van der Waals surface area contributed by atoms with Crippen molar-refractivity contribution in [1.82, 2.24) is 14.1 Å². The summed E-state index contributed by atoms with van der Waals surface area (Å²) < 4.78 is 51.8. The molecule has 1 N–H and O–H groups in total. The van der Waals surface area contributed by atoms with Gasteiger partial charge in [-0.3, -0.25) is 14.2 Å². The minimum atomic E-state index is -4.47. The van der Waals surface area contributed by atoms with Gasteiger partial charge in [0.2, 0.25) is 0 Å². The van der Waals surface area contributed by atoms with Crippen LogP contribution in [0.4, 0.5) is 13.2 Å². The standard InChI is InChI=1S/C26H34F3N3O5SSi/c1-25(2,3)39(4,5)37-15-14-31-13-12-20-22(31)30-24(38-16-6-7-21(33)34)32(23(20)35)18-8-10-19(11-9-18)36-17-26(27,28)29/h8-13H,6-7,14-17H2,1-5H3,(H,33,34). The van der Waals surface area contributed by atoms with Crippen LogP contribution < -0.4 is 10.3 Å². The fourth-order valence-corrected chi connectivity index (χ4v) is 5.44. The zero-order chi connectivity index (χ0) is 29.0. The van der Waals surface area contributed by atoms with Crippen LogP contribution in [0.3, 0.4) is 0 Å². The van der Waals surface area contributed by atoms with Gasteiger partial charge in [-0.2, -0.15) is 13.2 Å². The van der Waals surface area contributed by atoms with Gasteiger partial charge >= 0.3 is 12.1 Å². The SMILES string of the molecule is CC(C)(C)[Si](C)(C)OCCn1ccc2c(=O)n(-c3ccc(OCC(F)(F)F)cc3)c(SCCCC(=O)O)nc21. The molecule has 39 heavy (non-hydrogen) atoms. The normalized spacial score (nSPS) is 12.7. The predicted molar refractivity (Wildman–Crippen MR) is 148 cm³/mol.